The lowest BCUT2D eigenvalue weighted by Crippen LogP contribution is -2.20. The van der Waals surface area contributed by atoms with Gasteiger partial charge in [-0.2, -0.15) is 0 Å². The van der Waals surface area contributed by atoms with Gasteiger partial charge in [0.1, 0.15) is 22.8 Å². The first kappa shape index (κ1) is 28.1. The molecule has 4 rings (SSSR count). The number of methoxy groups -OCH3 is 1. The molecule has 0 radical (unpaired) electrons. The van der Waals surface area contributed by atoms with Gasteiger partial charge in [0.15, 0.2) is 5.65 Å². The number of rotatable bonds is 12. The standard InChI is InChI=1S/C32H39N3O4/c1-7-10-24-17-22(19-35-27(9-3)34-28-20(4)16-21(5)33-31(28)35)18-25(11-8-2)29(24)39-30(32(36)37)23-12-14-26(38-6)15-13-23/h12-18,30H,7-11,19H2,1-6H3,(H,36,37). The molecule has 0 saturated heterocycles. The number of aromatic nitrogens is 3. The summed E-state index contributed by atoms with van der Waals surface area (Å²) in [5.74, 6) is 1.33. The van der Waals surface area contributed by atoms with Crippen LogP contribution in [0.2, 0.25) is 0 Å². The Labute approximate surface area is 230 Å². The zero-order valence-electron chi connectivity index (χ0n) is 23.9. The van der Waals surface area contributed by atoms with Gasteiger partial charge in [0.2, 0.25) is 6.10 Å². The van der Waals surface area contributed by atoms with Crippen LogP contribution in [0, 0.1) is 13.8 Å². The van der Waals surface area contributed by atoms with Crippen LogP contribution in [0.25, 0.3) is 11.2 Å². The van der Waals surface area contributed by atoms with Gasteiger partial charge in [-0.15, -0.1) is 0 Å². The van der Waals surface area contributed by atoms with Crippen LogP contribution < -0.4 is 9.47 Å². The van der Waals surface area contributed by atoms with Crippen molar-refractivity contribution in [3.63, 3.8) is 0 Å². The van der Waals surface area contributed by atoms with E-state index in [4.69, 9.17) is 19.4 Å². The molecule has 0 aliphatic rings. The van der Waals surface area contributed by atoms with Crippen molar-refractivity contribution < 1.29 is 19.4 Å². The van der Waals surface area contributed by atoms with E-state index in [0.717, 1.165) is 77.0 Å². The summed E-state index contributed by atoms with van der Waals surface area (Å²) in [6, 6.07) is 13.4. The van der Waals surface area contributed by atoms with E-state index in [1.54, 1.807) is 31.4 Å². The Morgan fingerprint density at radius 1 is 0.974 bits per heavy atom. The molecule has 0 spiro atoms. The maximum absolute atomic E-state index is 12.4. The van der Waals surface area contributed by atoms with Crippen molar-refractivity contribution in [1.82, 2.24) is 14.5 Å². The highest BCUT2D eigenvalue weighted by atomic mass is 16.5. The number of hydrogen-bond donors (Lipinski definition) is 1. The van der Waals surface area contributed by atoms with E-state index in [-0.39, 0.29) is 0 Å². The van der Waals surface area contributed by atoms with Crippen LogP contribution >= 0.6 is 0 Å². The Balaban J connectivity index is 1.79. The molecule has 2 heterocycles. The molecule has 0 aliphatic heterocycles. The maximum Gasteiger partial charge on any atom is 0.349 e. The topological polar surface area (TPSA) is 86.5 Å². The minimum absolute atomic E-state index is 0.576. The van der Waals surface area contributed by atoms with E-state index in [1.807, 2.05) is 6.92 Å². The number of aliphatic carboxylic acids is 1. The third kappa shape index (κ3) is 6.08. The normalized spacial score (nSPS) is 12.1. The zero-order valence-corrected chi connectivity index (χ0v) is 23.9. The quantitative estimate of drug-likeness (QED) is 0.218. The number of benzene rings is 2. The van der Waals surface area contributed by atoms with Gasteiger partial charge >= 0.3 is 5.97 Å². The summed E-state index contributed by atoms with van der Waals surface area (Å²) >= 11 is 0. The molecule has 0 aliphatic carbocycles. The van der Waals surface area contributed by atoms with Crippen molar-refractivity contribution >= 4 is 17.1 Å². The highest BCUT2D eigenvalue weighted by Gasteiger charge is 2.25. The summed E-state index contributed by atoms with van der Waals surface area (Å²) < 4.78 is 13.8. The number of aryl methyl sites for hydroxylation is 5. The Hall–Kier alpha value is -3.87. The number of nitrogens with zero attached hydrogens (tertiary/aromatic N) is 3. The molecule has 2 aromatic carbocycles. The van der Waals surface area contributed by atoms with Crippen molar-refractivity contribution in [2.24, 2.45) is 0 Å². The molecule has 0 bridgehead atoms. The molecule has 1 N–H and O–H groups in total. The second-order valence-electron chi connectivity index (χ2n) is 10.1. The second-order valence-corrected chi connectivity index (χ2v) is 10.1. The number of carboxylic acids is 1. The van der Waals surface area contributed by atoms with Gasteiger partial charge in [0.05, 0.1) is 13.7 Å². The summed E-state index contributed by atoms with van der Waals surface area (Å²) in [6.45, 7) is 11.1. The van der Waals surface area contributed by atoms with Crippen LogP contribution in [0.1, 0.15) is 79.1 Å². The Morgan fingerprint density at radius 3 is 2.15 bits per heavy atom. The molecule has 7 nitrogen and oxygen atoms in total. The first-order chi connectivity index (χ1) is 18.8. The molecular weight excluding hydrogens is 490 g/mol. The number of pyridine rings is 1. The van der Waals surface area contributed by atoms with Crippen molar-refractivity contribution in [2.75, 3.05) is 7.11 Å². The fourth-order valence-corrected chi connectivity index (χ4v) is 5.20. The molecule has 0 fully saturated rings. The Bertz CT molecular complexity index is 1430. The fraction of sp³-hybridized carbons (Fsp3) is 0.406. The average molecular weight is 530 g/mol. The second kappa shape index (κ2) is 12.3. The number of carbonyl (C=O) groups is 1. The van der Waals surface area contributed by atoms with E-state index in [1.165, 1.54) is 0 Å². The van der Waals surface area contributed by atoms with Gasteiger partial charge < -0.3 is 19.1 Å². The van der Waals surface area contributed by atoms with Gasteiger partial charge in [-0.25, -0.2) is 14.8 Å². The van der Waals surface area contributed by atoms with E-state index < -0.39 is 12.1 Å². The van der Waals surface area contributed by atoms with Gasteiger partial charge in [0, 0.05) is 17.7 Å². The van der Waals surface area contributed by atoms with Crippen LogP contribution in [0.15, 0.2) is 42.5 Å². The number of hydrogen-bond acceptors (Lipinski definition) is 5. The molecule has 39 heavy (non-hydrogen) atoms. The van der Waals surface area contributed by atoms with E-state index >= 15 is 0 Å². The van der Waals surface area contributed by atoms with Gasteiger partial charge in [-0.05, 0) is 67.1 Å². The van der Waals surface area contributed by atoms with E-state index in [9.17, 15) is 9.90 Å². The third-order valence-corrected chi connectivity index (χ3v) is 6.98. The molecule has 206 valence electrons. The van der Waals surface area contributed by atoms with Crippen LogP contribution in [0.4, 0.5) is 0 Å². The zero-order chi connectivity index (χ0) is 28.1. The predicted molar refractivity (Wildman–Crippen MR) is 154 cm³/mol. The minimum atomic E-state index is -1.12. The largest absolute Gasteiger partial charge is 0.497 e. The molecule has 0 saturated carbocycles. The molecule has 1 unspecified atom stereocenters. The monoisotopic (exact) mass is 529 g/mol. The lowest BCUT2D eigenvalue weighted by molar-refractivity contribution is -0.145. The fourth-order valence-electron chi connectivity index (χ4n) is 5.20. The Kier molecular flexibility index (Phi) is 8.90. The molecule has 0 amide bonds. The maximum atomic E-state index is 12.4. The highest BCUT2D eigenvalue weighted by Crippen LogP contribution is 2.34. The first-order valence-electron chi connectivity index (χ1n) is 13.8. The molecule has 2 aromatic heterocycles. The number of ether oxygens (including phenoxy) is 2. The molecule has 4 aromatic rings. The van der Waals surface area contributed by atoms with Crippen molar-refractivity contribution in [1.29, 1.82) is 0 Å². The van der Waals surface area contributed by atoms with Crippen LogP contribution in [0.5, 0.6) is 11.5 Å². The van der Waals surface area contributed by atoms with Crippen molar-refractivity contribution in [3.8, 4) is 11.5 Å². The SMILES string of the molecule is CCCc1cc(Cn2c(CC)nc3c(C)cc(C)nc32)cc(CCC)c1OC(C(=O)O)c1ccc(OC)cc1. The van der Waals surface area contributed by atoms with Crippen LogP contribution in [-0.4, -0.2) is 32.7 Å². The average Bonchev–Trinajstić information content (AvgIpc) is 3.26. The number of fused-ring (bicyclic) bond motifs is 1. The van der Waals surface area contributed by atoms with Gasteiger partial charge in [-0.3, -0.25) is 0 Å². The van der Waals surface area contributed by atoms with Gasteiger partial charge in [0.25, 0.3) is 0 Å². The van der Waals surface area contributed by atoms with Crippen molar-refractivity contribution in [2.45, 2.75) is 79.4 Å². The van der Waals surface area contributed by atoms with Gasteiger partial charge in [-0.1, -0.05) is 57.9 Å². The minimum Gasteiger partial charge on any atom is -0.497 e. The highest BCUT2D eigenvalue weighted by molar-refractivity contribution is 5.76. The molecule has 7 heteroatoms. The van der Waals surface area contributed by atoms with Crippen molar-refractivity contribution in [3.05, 3.63) is 81.8 Å². The summed E-state index contributed by atoms with van der Waals surface area (Å²) in [5.41, 5.74) is 7.73. The predicted octanol–water partition coefficient (Wildman–Crippen LogP) is 6.78. The smallest absolute Gasteiger partial charge is 0.349 e. The summed E-state index contributed by atoms with van der Waals surface area (Å²) in [6.07, 6.45) is 3.10. The first-order valence-corrected chi connectivity index (χ1v) is 13.8. The lowest BCUT2D eigenvalue weighted by Gasteiger charge is -2.22. The summed E-state index contributed by atoms with van der Waals surface area (Å²) in [7, 11) is 1.59. The summed E-state index contributed by atoms with van der Waals surface area (Å²) in [4.78, 5) is 22.1. The van der Waals surface area contributed by atoms with E-state index in [2.05, 4.69) is 50.5 Å². The van der Waals surface area contributed by atoms with E-state index in [0.29, 0.717) is 23.6 Å². The van der Waals surface area contributed by atoms with Crippen LogP contribution in [0.3, 0.4) is 0 Å². The molecule has 1 atom stereocenters. The third-order valence-electron chi connectivity index (χ3n) is 6.98. The van der Waals surface area contributed by atoms with Crippen LogP contribution in [-0.2, 0) is 30.6 Å². The number of imidazole rings is 1. The lowest BCUT2D eigenvalue weighted by atomic mass is 9.97. The summed E-state index contributed by atoms with van der Waals surface area (Å²) in [5, 5.41) is 10.1. The molecular formula is C32H39N3O4. The number of carboxylic acid groups (broad SMARTS) is 1. The Morgan fingerprint density at radius 2 is 1.62 bits per heavy atom.